The molecular formula is C19H20N2O3S. The monoisotopic (exact) mass is 356 g/mol. The van der Waals surface area contributed by atoms with Gasteiger partial charge in [-0.25, -0.2) is 0 Å². The number of carbonyl (C=O) groups excluding carboxylic acids is 2. The van der Waals surface area contributed by atoms with Crippen LogP contribution in [-0.4, -0.2) is 53.8 Å². The van der Waals surface area contributed by atoms with Crippen molar-refractivity contribution in [2.24, 2.45) is 0 Å². The van der Waals surface area contributed by atoms with Crippen molar-refractivity contribution in [1.29, 1.82) is 0 Å². The Morgan fingerprint density at radius 2 is 1.88 bits per heavy atom. The van der Waals surface area contributed by atoms with E-state index in [9.17, 15) is 14.7 Å². The molecule has 0 spiro atoms. The van der Waals surface area contributed by atoms with E-state index in [4.69, 9.17) is 0 Å². The number of likely N-dealkylation sites (N-methyl/N-ethyl adjacent to an activating group) is 1. The molecule has 0 aliphatic carbocycles. The fourth-order valence-corrected chi connectivity index (χ4v) is 3.76. The number of carbonyl (C=O) groups is 2. The Morgan fingerprint density at radius 3 is 2.48 bits per heavy atom. The van der Waals surface area contributed by atoms with Crippen LogP contribution in [0.1, 0.15) is 16.5 Å². The van der Waals surface area contributed by atoms with E-state index < -0.39 is 17.7 Å². The van der Waals surface area contributed by atoms with Gasteiger partial charge in [-0.2, -0.15) is 0 Å². The van der Waals surface area contributed by atoms with Crippen molar-refractivity contribution >= 4 is 28.8 Å². The zero-order valence-electron chi connectivity index (χ0n) is 14.2. The van der Waals surface area contributed by atoms with Gasteiger partial charge < -0.3 is 14.9 Å². The molecule has 2 aromatic rings. The molecule has 1 saturated heterocycles. The first-order valence-electron chi connectivity index (χ1n) is 8.02. The maximum absolute atomic E-state index is 12.7. The molecular weight excluding hydrogens is 336 g/mol. The SMILES string of the molecule is CN(C)CCN1C(=O)C(=O)/C(=C(/O)c2ccccc2)[C@@H]1c1cccs1. The van der Waals surface area contributed by atoms with Crippen molar-refractivity contribution in [2.45, 2.75) is 6.04 Å². The molecule has 3 rings (SSSR count). The number of nitrogens with zero attached hydrogens (tertiary/aromatic N) is 2. The van der Waals surface area contributed by atoms with E-state index in [2.05, 4.69) is 0 Å². The first-order chi connectivity index (χ1) is 12.0. The van der Waals surface area contributed by atoms with Crippen LogP contribution in [0.4, 0.5) is 0 Å². The molecule has 1 aromatic heterocycles. The number of aliphatic hydroxyl groups is 1. The highest BCUT2D eigenvalue weighted by molar-refractivity contribution is 7.10. The van der Waals surface area contributed by atoms with Gasteiger partial charge in [0.2, 0.25) is 0 Å². The summed E-state index contributed by atoms with van der Waals surface area (Å²) >= 11 is 1.47. The third kappa shape index (κ3) is 3.36. The van der Waals surface area contributed by atoms with Crippen molar-refractivity contribution in [3.63, 3.8) is 0 Å². The van der Waals surface area contributed by atoms with Gasteiger partial charge in [-0.1, -0.05) is 36.4 Å². The van der Waals surface area contributed by atoms with E-state index in [-0.39, 0.29) is 11.3 Å². The highest BCUT2D eigenvalue weighted by atomic mass is 32.1. The van der Waals surface area contributed by atoms with Gasteiger partial charge in [-0.3, -0.25) is 9.59 Å². The predicted molar refractivity (Wildman–Crippen MR) is 98.3 cm³/mol. The van der Waals surface area contributed by atoms with Gasteiger partial charge in [0.1, 0.15) is 5.76 Å². The molecule has 1 aliphatic rings. The van der Waals surface area contributed by atoms with E-state index in [0.717, 1.165) is 4.88 Å². The zero-order valence-corrected chi connectivity index (χ0v) is 15.0. The summed E-state index contributed by atoms with van der Waals surface area (Å²) in [6.45, 7) is 1.06. The first-order valence-corrected chi connectivity index (χ1v) is 8.90. The normalized spacial score (nSPS) is 19.8. The van der Waals surface area contributed by atoms with Crippen molar-refractivity contribution < 1.29 is 14.7 Å². The quantitative estimate of drug-likeness (QED) is 0.508. The third-order valence-corrected chi connectivity index (χ3v) is 5.11. The Balaban J connectivity index is 2.09. The summed E-state index contributed by atoms with van der Waals surface area (Å²) in [5, 5.41) is 12.7. The van der Waals surface area contributed by atoms with E-state index in [0.29, 0.717) is 18.7 Å². The fraction of sp³-hybridized carbons (Fsp3) is 0.263. The predicted octanol–water partition coefficient (Wildman–Crippen LogP) is 2.73. The number of ketones is 1. The van der Waals surface area contributed by atoms with E-state index in [1.165, 1.54) is 11.3 Å². The summed E-state index contributed by atoms with van der Waals surface area (Å²) in [7, 11) is 3.83. The average molecular weight is 356 g/mol. The van der Waals surface area contributed by atoms with Gasteiger partial charge in [0.25, 0.3) is 11.7 Å². The molecule has 2 heterocycles. The summed E-state index contributed by atoms with van der Waals surface area (Å²) in [4.78, 5) is 29.6. The molecule has 5 nitrogen and oxygen atoms in total. The lowest BCUT2D eigenvalue weighted by molar-refractivity contribution is -0.140. The van der Waals surface area contributed by atoms with E-state index >= 15 is 0 Å². The molecule has 1 atom stereocenters. The molecule has 0 saturated carbocycles. The van der Waals surface area contributed by atoms with Crippen LogP contribution in [0.3, 0.4) is 0 Å². The van der Waals surface area contributed by atoms with Crippen LogP contribution < -0.4 is 0 Å². The second kappa shape index (κ2) is 7.21. The number of Topliss-reactive ketones (excluding diaryl/α,β-unsaturated/α-hetero) is 1. The van der Waals surface area contributed by atoms with Gasteiger partial charge in [0.05, 0.1) is 11.6 Å². The number of amides is 1. The summed E-state index contributed by atoms with van der Waals surface area (Å²) in [6, 6.07) is 12.1. The van der Waals surface area contributed by atoms with Crippen LogP contribution >= 0.6 is 11.3 Å². The van der Waals surface area contributed by atoms with Gasteiger partial charge in [0.15, 0.2) is 0 Å². The van der Waals surface area contributed by atoms with Crippen LogP contribution in [0.15, 0.2) is 53.4 Å². The van der Waals surface area contributed by atoms with Gasteiger partial charge in [-0.15, -0.1) is 11.3 Å². The van der Waals surface area contributed by atoms with E-state index in [1.807, 2.05) is 42.6 Å². The van der Waals surface area contributed by atoms with E-state index in [1.54, 1.807) is 29.2 Å². The molecule has 1 amide bonds. The molecule has 1 N–H and O–H groups in total. The van der Waals surface area contributed by atoms with Crippen LogP contribution in [0.5, 0.6) is 0 Å². The van der Waals surface area contributed by atoms with Gasteiger partial charge in [-0.05, 0) is 25.5 Å². The molecule has 0 radical (unpaired) electrons. The summed E-state index contributed by atoms with van der Waals surface area (Å²) in [5.41, 5.74) is 0.701. The topological polar surface area (TPSA) is 60.9 Å². The Kier molecular flexibility index (Phi) is 5.01. The number of benzene rings is 1. The Bertz CT molecular complexity index is 797. The van der Waals surface area contributed by atoms with Gasteiger partial charge >= 0.3 is 0 Å². The zero-order chi connectivity index (χ0) is 18.0. The number of hydrogen-bond acceptors (Lipinski definition) is 5. The standard InChI is InChI=1S/C19H20N2O3S/c1-20(2)10-11-21-16(14-9-6-12-25-14)15(18(23)19(21)24)17(22)13-7-4-3-5-8-13/h3-9,12,16,22H,10-11H2,1-2H3/b17-15+/t16-/m0/s1. The second-order valence-electron chi connectivity index (χ2n) is 6.18. The maximum atomic E-state index is 12.7. The highest BCUT2D eigenvalue weighted by Gasteiger charge is 2.46. The minimum absolute atomic E-state index is 0.121. The van der Waals surface area contributed by atoms with Crippen LogP contribution in [-0.2, 0) is 9.59 Å². The van der Waals surface area contributed by atoms with Crippen LogP contribution in [0.25, 0.3) is 5.76 Å². The number of thiophene rings is 1. The molecule has 1 aromatic carbocycles. The summed E-state index contributed by atoms with van der Waals surface area (Å²) in [5.74, 6) is -1.30. The van der Waals surface area contributed by atoms with Crippen molar-refractivity contribution in [1.82, 2.24) is 9.80 Å². The van der Waals surface area contributed by atoms with Crippen LogP contribution in [0.2, 0.25) is 0 Å². The van der Waals surface area contributed by atoms with Crippen molar-refractivity contribution in [3.8, 4) is 0 Å². The minimum atomic E-state index is -0.626. The van der Waals surface area contributed by atoms with Crippen molar-refractivity contribution in [3.05, 3.63) is 63.9 Å². The number of likely N-dealkylation sites (tertiary alicyclic amines) is 1. The molecule has 0 bridgehead atoms. The lowest BCUT2D eigenvalue weighted by Crippen LogP contribution is -2.35. The summed E-state index contributed by atoms with van der Waals surface area (Å²) in [6.07, 6.45) is 0. The largest absolute Gasteiger partial charge is 0.507 e. The molecule has 0 unspecified atom stereocenters. The fourth-order valence-electron chi connectivity index (χ4n) is 2.91. The Morgan fingerprint density at radius 1 is 1.16 bits per heavy atom. The Hall–Kier alpha value is -2.44. The number of hydrogen-bond donors (Lipinski definition) is 1. The number of aliphatic hydroxyl groups excluding tert-OH is 1. The van der Waals surface area contributed by atoms with Crippen molar-refractivity contribution in [2.75, 3.05) is 27.2 Å². The molecule has 130 valence electrons. The average Bonchev–Trinajstić information content (AvgIpc) is 3.21. The van der Waals surface area contributed by atoms with Gasteiger partial charge in [0, 0.05) is 23.5 Å². The smallest absolute Gasteiger partial charge is 0.295 e. The molecule has 1 fully saturated rings. The third-order valence-electron chi connectivity index (χ3n) is 4.19. The number of rotatable bonds is 5. The van der Waals surface area contributed by atoms with Crippen LogP contribution in [0, 0.1) is 0 Å². The molecule has 1 aliphatic heterocycles. The molecule has 25 heavy (non-hydrogen) atoms. The lowest BCUT2D eigenvalue weighted by Gasteiger charge is -2.25. The Labute approximate surface area is 150 Å². The highest BCUT2D eigenvalue weighted by Crippen LogP contribution is 2.40. The summed E-state index contributed by atoms with van der Waals surface area (Å²) < 4.78 is 0. The second-order valence-corrected chi connectivity index (χ2v) is 7.16. The first kappa shape index (κ1) is 17.4. The lowest BCUT2D eigenvalue weighted by atomic mass is 10.00. The minimum Gasteiger partial charge on any atom is -0.507 e. The molecule has 6 heteroatoms. The maximum Gasteiger partial charge on any atom is 0.295 e.